The third-order valence-electron chi connectivity index (χ3n) is 3.78. The molecule has 0 aromatic heterocycles. The summed E-state index contributed by atoms with van der Waals surface area (Å²) in [5, 5.41) is 6.48. The number of amides is 1. The van der Waals surface area contributed by atoms with E-state index in [-0.39, 0.29) is 30.1 Å². The largest absolute Gasteiger partial charge is 0.379 e. The maximum atomic E-state index is 11.0. The Morgan fingerprint density at radius 3 is 2.72 bits per heavy atom. The number of ether oxygens (including phenoxy) is 2. The molecule has 8 heteroatoms. The van der Waals surface area contributed by atoms with Crippen molar-refractivity contribution in [3.8, 4) is 0 Å². The van der Waals surface area contributed by atoms with E-state index in [4.69, 9.17) is 15.2 Å². The summed E-state index contributed by atoms with van der Waals surface area (Å²) in [5.74, 6) is 0.316. The van der Waals surface area contributed by atoms with Gasteiger partial charge in [-0.25, -0.2) is 0 Å². The van der Waals surface area contributed by atoms with E-state index >= 15 is 0 Å². The number of rotatable bonds is 8. The number of nitrogens with two attached hydrogens (primary N) is 1. The van der Waals surface area contributed by atoms with Gasteiger partial charge in [0.25, 0.3) is 0 Å². The topological polar surface area (TPSA) is 98.0 Å². The highest BCUT2D eigenvalue weighted by Crippen LogP contribution is 2.08. The van der Waals surface area contributed by atoms with Crippen molar-refractivity contribution in [1.29, 1.82) is 0 Å². The molecule has 0 bridgehead atoms. The van der Waals surface area contributed by atoms with Gasteiger partial charge in [-0.05, 0) is 30.5 Å². The lowest BCUT2D eigenvalue weighted by atomic mass is 10.1. The molecule has 0 spiro atoms. The van der Waals surface area contributed by atoms with Crippen LogP contribution >= 0.6 is 24.0 Å². The molecule has 0 saturated carbocycles. The fraction of sp³-hybridized carbons (Fsp3) is 0.529. The number of carbonyl (C=O) groups is 1. The fourth-order valence-electron chi connectivity index (χ4n) is 2.37. The summed E-state index contributed by atoms with van der Waals surface area (Å²) >= 11 is 0. The van der Waals surface area contributed by atoms with E-state index in [9.17, 15) is 4.79 Å². The first-order valence-electron chi connectivity index (χ1n) is 8.21. The highest BCUT2D eigenvalue weighted by Gasteiger charge is 2.15. The van der Waals surface area contributed by atoms with Gasteiger partial charge in [-0.2, -0.15) is 0 Å². The lowest BCUT2D eigenvalue weighted by Crippen LogP contribution is -2.37. The van der Waals surface area contributed by atoms with Crippen molar-refractivity contribution in [2.24, 2.45) is 10.7 Å². The quantitative estimate of drug-likeness (QED) is 0.234. The maximum Gasteiger partial charge on any atom is 0.248 e. The van der Waals surface area contributed by atoms with Crippen LogP contribution in [0.4, 0.5) is 0 Å². The summed E-state index contributed by atoms with van der Waals surface area (Å²) in [6.45, 7) is 3.64. The monoisotopic (exact) mass is 462 g/mol. The predicted octanol–water partition coefficient (Wildman–Crippen LogP) is 1.26. The number of nitrogens with one attached hydrogen (secondary N) is 2. The van der Waals surface area contributed by atoms with Gasteiger partial charge in [-0.15, -0.1) is 24.0 Å². The first kappa shape index (κ1) is 21.7. The number of halogens is 1. The zero-order valence-corrected chi connectivity index (χ0v) is 16.8. The van der Waals surface area contributed by atoms with Gasteiger partial charge < -0.3 is 25.8 Å². The molecular weight excluding hydrogens is 435 g/mol. The summed E-state index contributed by atoms with van der Waals surface area (Å²) in [6.07, 6.45) is 2.15. The Balaban J connectivity index is 0.00000312. The van der Waals surface area contributed by atoms with Gasteiger partial charge in [0, 0.05) is 38.9 Å². The molecule has 0 aliphatic carbocycles. The van der Waals surface area contributed by atoms with Crippen LogP contribution in [-0.4, -0.2) is 51.4 Å². The molecule has 1 heterocycles. The van der Waals surface area contributed by atoms with Crippen LogP contribution in [0, 0.1) is 0 Å². The second kappa shape index (κ2) is 12.0. The highest BCUT2D eigenvalue weighted by atomic mass is 127. The normalized spacial score (nSPS) is 17.0. The van der Waals surface area contributed by atoms with Crippen LogP contribution < -0.4 is 16.4 Å². The Kier molecular flexibility index (Phi) is 10.4. The minimum atomic E-state index is -0.418. The van der Waals surface area contributed by atoms with E-state index in [1.54, 1.807) is 19.2 Å². The maximum absolute atomic E-state index is 11.0. The molecule has 1 fully saturated rings. The Bertz CT molecular complexity index is 545. The molecule has 1 atom stereocenters. The summed E-state index contributed by atoms with van der Waals surface area (Å²) in [6, 6.07) is 7.19. The van der Waals surface area contributed by atoms with Crippen molar-refractivity contribution < 1.29 is 14.3 Å². The number of primary amides is 1. The number of guanidine groups is 1. The number of hydrogen-bond donors (Lipinski definition) is 3. The van der Waals surface area contributed by atoms with Gasteiger partial charge in [-0.1, -0.05) is 12.1 Å². The SMILES string of the molecule is CN=C(NCCCOC1CCOC1)NCc1ccc(C(N)=O)cc1.I. The number of aliphatic imine (C=N–C) groups is 1. The van der Waals surface area contributed by atoms with Crippen molar-refractivity contribution in [2.75, 3.05) is 33.4 Å². The van der Waals surface area contributed by atoms with Crippen LogP contribution in [0.3, 0.4) is 0 Å². The molecular formula is C17H27IN4O3. The molecule has 1 amide bonds. The molecule has 2 rings (SSSR count). The van der Waals surface area contributed by atoms with E-state index in [1.807, 2.05) is 12.1 Å². The highest BCUT2D eigenvalue weighted by molar-refractivity contribution is 14.0. The van der Waals surface area contributed by atoms with Gasteiger partial charge >= 0.3 is 0 Å². The second-order valence-electron chi connectivity index (χ2n) is 5.62. The molecule has 25 heavy (non-hydrogen) atoms. The number of nitrogens with zero attached hydrogens (tertiary/aromatic N) is 1. The van der Waals surface area contributed by atoms with E-state index in [2.05, 4.69) is 15.6 Å². The first-order chi connectivity index (χ1) is 11.7. The van der Waals surface area contributed by atoms with Gasteiger partial charge in [0.05, 0.1) is 12.7 Å². The van der Waals surface area contributed by atoms with Crippen molar-refractivity contribution in [2.45, 2.75) is 25.5 Å². The van der Waals surface area contributed by atoms with Crippen LogP contribution in [0.25, 0.3) is 0 Å². The zero-order chi connectivity index (χ0) is 17.2. The average Bonchev–Trinajstić information content (AvgIpc) is 3.11. The van der Waals surface area contributed by atoms with Crippen LogP contribution in [0.2, 0.25) is 0 Å². The number of benzene rings is 1. The molecule has 1 aliphatic rings. The molecule has 140 valence electrons. The minimum absolute atomic E-state index is 0. The molecule has 1 saturated heterocycles. The third kappa shape index (κ3) is 8.02. The lowest BCUT2D eigenvalue weighted by Gasteiger charge is -2.13. The molecule has 1 aliphatic heterocycles. The first-order valence-corrected chi connectivity index (χ1v) is 8.21. The van der Waals surface area contributed by atoms with Gasteiger partial charge in [0.2, 0.25) is 5.91 Å². The number of hydrogen-bond acceptors (Lipinski definition) is 4. The van der Waals surface area contributed by atoms with Crippen molar-refractivity contribution in [3.05, 3.63) is 35.4 Å². The van der Waals surface area contributed by atoms with Gasteiger partial charge in [-0.3, -0.25) is 9.79 Å². The zero-order valence-electron chi connectivity index (χ0n) is 14.5. The minimum Gasteiger partial charge on any atom is -0.379 e. The second-order valence-corrected chi connectivity index (χ2v) is 5.62. The Morgan fingerprint density at radius 1 is 1.36 bits per heavy atom. The Morgan fingerprint density at radius 2 is 2.12 bits per heavy atom. The van der Waals surface area contributed by atoms with Gasteiger partial charge in [0.15, 0.2) is 5.96 Å². The van der Waals surface area contributed by atoms with E-state index in [0.29, 0.717) is 25.3 Å². The van der Waals surface area contributed by atoms with Crippen molar-refractivity contribution >= 4 is 35.8 Å². The molecule has 0 radical (unpaired) electrons. The van der Waals surface area contributed by atoms with Crippen molar-refractivity contribution in [1.82, 2.24) is 10.6 Å². The third-order valence-corrected chi connectivity index (χ3v) is 3.78. The molecule has 4 N–H and O–H groups in total. The smallest absolute Gasteiger partial charge is 0.248 e. The van der Waals surface area contributed by atoms with E-state index in [1.165, 1.54) is 0 Å². The van der Waals surface area contributed by atoms with Crippen LogP contribution in [0.15, 0.2) is 29.3 Å². The summed E-state index contributed by atoms with van der Waals surface area (Å²) in [4.78, 5) is 15.2. The molecule has 7 nitrogen and oxygen atoms in total. The lowest BCUT2D eigenvalue weighted by molar-refractivity contribution is 0.0420. The van der Waals surface area contributed by atoms with E-state index in [0.717, 1.165) is 37.5 Å². The standard InChI is InChI=1S/C17H26N4O3.HI/c1-19-17(20-8-2-9-24-15-7-10-23-12-15)21-11-13-3-5-14(6-4-13)16(18)22;/h3-6,15H,2,7-12H2,1H3,(H2,18,22)(H2,19,20,21);1H. The molecule has 1 aromatic rings. The van der Waals surface area contributed by atoms with Crippen LogP contribution in [0.1, 0.15) is 28.8 Å². The summed E-state index contributed by atoms with van der Waals surface area (Å²) in [5.41, 5.74) is 6.78. The average molecular weight is 462 g/mol. The molecule has 1 aromatic carbocycles. The molecule has 1 unspecified atom stereocenters. The number of carbonyl (C=O) groups excluding carboxylic acids is 1. The van der Waals surface area contributed by atoms with Crippen LogP contribution in [0.5, 0.6) is 0 Å². The Hall–Kier alpha value is -1.39. The van der Waals surface area contributed by atoms with Gasteiger partial charge in [0.1, 0.15) is 0 Å². The summed E-state index contributed by atoms with van der Waals surface area (Å²) < 4.78 is 11.0. The van der Waals surface area contributed by atoms with Crippen LogP contribution in [-0.2, 0) is 16.0 Å². The Labute approximate surface area is 165 Å². The van der Waals surface area contributed by atoms with E-state index < -0.39 is 5.91 Å². The predicted molar refractivity (Wildman–Crippen MR) is 108 cm³/mol. The van der Waals surface area contributed by atoms with Crippen molar-refractivity contribution in [3.63, 3.8) is 0 Å². The fourth-order valence-corrected chi connectivity index (χ4v) is 2.37. The summed E-state index contributed by atoms with van der Waals surface area (Å²) in [7, 11) is 1.73.